The van der Waals surface area contributed by atoms with Crippen molar-refractivity contribution < 1.29 is 5.11 Å². The second-order valence-corrected chi connectivity index (χ2v) is 9.05. The Kier molecular flexibility index (Phi) is 9.81. The van der Waals surface area contributed by atoms with Crippen LogP contribution in [0.5, 0.6) is 0 Å². The van der Waals surface area contributed by atoms with Crippen LogP contribution in [0.25, 0.3) is 0 Å². The molecule has 0 amide bonds. The van der Waals surface area contributed by atoms with Crippen LogP contribution in [0.3, 0.4) is 0 Å². The van der Waals surface area contributed by atoms with Crippen molar-refractivity contribution in [2.45, 2.75) is 50.9 Å². The Labute approximate surface area is 214 Å². The van der Waals surface area contributed by atoms with Gasteiger partial charge in [0.1, 0.15) is 0 Å². The van der Waals surface area contributed by atoms with Crippen LogP contribution in [0.15, 0.2) is 41.7 Å². The molecule has 8 nitrogen and oxygen atoms in total. The van der Waals surface area contributed by atoms with Crippen molar-refractivity contribution in [2.75, 3.05) is 38.1 Å². The number of benzene rings is 1. The van der Waals surface area contributed by atoms with Crippen molar-refractivity contribution in [1.82, 2.24) is 25.3 Å². The fraction of sp³-hybridized carbons (Fsp3) is 0.583. The average Bonchev–Trinajstić information content (AvgIpc) is 3.25. The summed E-state index contributed by atoms with van der Waals surface area (Å²) in [6.45, 7) is 5.68. The number of hydrogen-bond donors (Lipinski definition) is 3. The number of nitrogens with zero attached hydrogens (tertiary/aromatic N) is 5. The highest BCUT2D eigenvalue weighted by atomic mass is 127. The molecular formula is C24H38IN7O. The van der Waals surface area contributed by atoms with Gasteiger partial charge in [0.25, 0.3) is 0 Å². The van der Waals surface area contributed by atoms with Crippen LogP contribution in [0, 0.1) is 0 Å². The molecule has 0 saturated carbocycles. The van der Waals surface area contributed by atoms with Gasteiger partial charge >= 0.3 is 0 Å². The lowest BCUT2D eigenvalue weighted by atomic mass is 10.1. The quantitative estimate of drug-likeness (QED) is 0.283. The molecular weight excluding hydrogens is 529 g/mol. The number of nitrogens with one attached hydrogen (secondary N) is 2. The molecule has 1 aromatic heterocycles. The van der Waals surface area contributed by atoms with Gasteiger partial charge in [-0.15, -0.1) is 24.0 Å². The molecule has 2 aliphatic heterocycles. The third kappa shape index (κ3) is 7.58. The van der Waals surface area contributed by atoms with Gasteiger partial charge < -0.3 is 20.6 Å². The standard InChI is InChI=1S/C24H37N7O.HI/c1-25-24(28-21-4-3-11-31(17-21)22-15-27-29(2)18-22)26-14-19-5-7-20(8-6-19)16-30-12-9-23(32)10-13-30;/h5-8,15,18,21,23,32H,3-4,9-14,16-17H2,1-2H3,(H2,25,26,28);1H. The van der Waals surface area contributed by atoms with Crippen LogP contribution in [0.1, 0.15) is 36.8 Å². The van der Waals surface area contributed by atoms with Gasteiger partial charge in [0.15, 0.2) is 5.96 Å². The molecule has 1 unspecified atom stereocenters. The predicted octanol–water partition coefficient (Wildman–Crippen LogP) is 2.33. The summed E-state index contributed by atoms with van der Waals surface area (Å²) >= 11 is 0. The van der Waals surface area contributed by atoms with Gasteiger partial charge in [0, 0.05) is 65.6 Å². The van der Waals surface area contributed by atoms with Gasteiger partial charge in [-0.2, -0.15) is 5.10 Å². The summed E-state index contributed by atoms with van der Waals surface area (Å²) in [6, 6.07) is 9.18. The van der Waals surface area contributed by atoms with Gasteiger partial charge in [0.2, 0.25) is 0 Å². The van der Waals surface area contributed by atoms with E-state index in [4.69, 9.17) is 0 Å². The molecule has 2 aliphatic rings. The smallest absolute Gasteiger partial charge is 0.191 e. The van der Waals surface area contributed by atoms with Crippen molar-refractivity contribution in [3.63, 3.8) is 0 Å². The molecule has 182 valence electrons. The van der Waals surface area contributed by atoms with Gasteiger partial charge in [-0.25, -0.2) is 0 Å². The van der Waals surface area contributed by atoms with Crippen LogP contribution in [0.2, 0.25) is 0 Å². The second-order valence-electron chi connectivity index (χ2n) is 9.05. The first-order chi connectivity index (χ1) is 15.6. The van der Waals surface area contributed by atoms with E-state index in [-0.39, 0.29) is 30.1 Å². The van der Waals surface area contributed by atoms with E-state index in [1.807, 2.05) is 25.0 Å². The summed E-state index contributed by atoms with van der Waals surface area (Å²) in [5.41, 5.74) is 3.75. The van der Waals surface area contributed by atoms with Crippen LogP contribution in [0.4, 0.5) is 5.69 Å². The zero-order chi connectivity index (χ0) is 22.3. The van der Waals surface area contributed by atoms with E-state index in [9.17, 15) is 5.11 Å². The van der Waals surface area contributed by atoms with E-state index >= 15 is 0 Å². The Morgan fingerprint density at radius 1 is 1.12 bits per heavy atom. The number of likely N-dealkylation sites (tertiary alicyclic amines) is 1. The zero-order valence-corrected chi connectivity index (χ0v) is 22.1. The molecule has 2 aromatic rings. The minimum Gasteiger partial charge on any atom is -0.393 e. The molecule has 2 fully saturated rings. The molecule has 3 heterocycles. The molecule has 0 bridgehead atoms. The van der Waals surface area contributed by atoms with E-state index in [2.05, 4.69) is 61.0 Å². The van der Waals surface area contributed by atoms with E-state index in [0.29, 0.717) is 6.04 Å². The summed E-state index contributed by atoms with van der Waals surface area (Å²) in [5.74, 6) is 0.846. The van der Waals surface area contributed by atoms with E-state index < -0.39 is 0 Å². The Morgan fingerprint density at radius 3 is 2.52 bits per heavy atom. The molecule has 4 rings (SSSR count). The first-order valence-corrected chi connectivity index (χ1v) is 11.8. The first-order valence-electron chi connectivity index (χ1n) is 11.8. The fourth-order valence-electron chi connectivity index (χ4n) is 4.57. The number of hydrogen-bond acceptors (Lipinski definition) is 5. The highest BCUT2D eigenvalue weighted by Gasteiger charge is 2.22. The minimum absolute atomic E-state index is 0. The number of rotatable bonds is 6. The summed E-state index contributed by atoms with van der Waals surface area (Å²) in [4.78, 5) is 9.25. The topological polar surface area (TPSA) is 81.0 Å². The summed E-state index contributed by atoms with van der Waals surface area (Å²) in [6.07, 6.45) is 7.96. The number of anilines is 1. The molecule has 1 atom stereocenters. The Hall–Kier alpha value is -1.85. The number of aliphatic imine (C=N–C) groups is 1. The lowest BCUT2D eigenvalue weighted by Gasteiger charge is -2.34. The maximum Gasteiger partial charge on any atom is 0.191 e. The van der Waals surface area contributed by atoms with Gasteiger partial charge in [0.05, 0.1) is 18.0 Å². The third-order valence-corrected chi connectivity index (χ3v) is 6.49. The Morgan fingerprint density at radius 2 is 1.85 bits per heavy atom. The van der Waals surface area contributed by atoms with Crippen LogP contribution in [-0.4, -0.2) is 71.1 Å². The Balaban J connectivity index is 0.00000306. The summed E-state index contributed by atoms with van der Waals surface area (Å²) in [5, 5.41) is 21.0. The third-order valence-electron chi connectivity index (χ3n) is 6.49. The largest absolute Gasteiger partial charge is 0.393 e. The second kappa shape index (κ2) is 12.6. The van der Waals surface area contributed by atoms with Gasteiger partial charge in [-0.1, -0.05) is 24.3 Å². The zero-order valence-electron chi connectivity index (χ0n) is 19.8. The molecule has 0 spiro atoms. The van der Waals surface area contributed by atoms with E-state index in [1.54, 1.807) is 0 Å². The maximum atomic E-state index is 9.67. The average molecular weight is 568 g/mol. The van der Waals surface area contributed by atoms with Crippen molar-refractivity contribution >= 4 is 35.6 Å². The monoisotopic (exact) mass is 567 g/mol. The highest BCUT2D eigenvalue weighted by molar-refractivity contribution is 14.0. The van der Waals surface area contributed by atoms with Crippen molar-refractivity contribution in [3.8, 4) is 0 Å². The minimum atomic E-state index is -0.116. The van der Waals surface area contributed by atoms with Crippen LogP contribution >= 0.6 is 24.0 Å². The highest BCUT2D eigenvalue weighted by Crippen LogP contribution is 2.19. The molecule has 1 aromatic carbocycles. The number of aryl methyl sites for hydroxylation is 1. The fourth-order valence-corrected chi connectivity index (χ4v) is 4.57. The first kappa shape index (κ1) is 25.8. The van der Waals surface area contributed by atoms with Crippen LogP contribution < -0.4 is 15.5 Å². The van der Waals surface area contributed by atoms with Crippen molar-refractivity contribution in [2.24, 2.45) is 12.0 Å². The van der Waals surface area contributed by atoms with E-state index in [1.165, 1.54) is 16.8 Å². The number of guanidine groups is 1. The SMILES string of the molecule is CN=C(NCc1ccc(CN2CCC(O)CC2)cc1)NC1CCCN(c2cnn(C)c2)C1.I. The molecule has 0 radical (unpaired) electrons. The van der Waals surface area contributed by atoms with E-state index in [0.717, 1.165) is 70.9 Å². The predicted molar refractivity (Wildman–Crippen MR) is 144 cm³/mol. The normalized spacial score (nSPS) is 20.4. The lowest BCUT2D eigenvalue weighted by Crippen LogP contribution is -2.51. The molecule has 2 saturated heterocycles. The molecule has 0 aliphatic carbocycles. The molecule has 3 N–H and O–H groups in total. The lowest BCUT2D eigenvalue weighted by molar-refractivity contribution is 0.0792. The van der Waals surface area contributed by atoms with Crippen molar-refractivity contribution in [3.05, 3.63) is 47.8 Å². The number of aromatic nitrogens is 2. The Bertz CT molecular complexity index is 877. The number of aliphatic hydroxyl groups excluding tert-OH is 1. The maximum absolute atomic E-state index is 9.67. The molecule has 33 heavy (non-hydrogen) atoms. The van der Waals surface area contributed by atoms with Crippen molar-refractivity contribution in [1.29, 1.82) is 0 Å². The summed E-state index contributed by atoms with van der Waals surface area (Å²) < 4.78 is 1.86. The number of aliphatic hydroxyl groups is 1. The number of halogens is 1. The number of piperidine rings is 2. The van der Waals surface area contributed by atoms with Gasteiger partial charge in [-0.3, -0.25) is 14.6 Å². The van der Waals surface area contributed by atoms with Crippen LogP contribution in [-0.2, 0) is 20.1 Å². The summed E-state index contributed by atoms with van der Waals surface area (Å²) in [7, 11) is 3.79. The van der Waals surface area contributed by atoms with Gasteiger partial charge in [-0.05, 0) is 36.8 Å². The molecule has 9 heteroatoms.